The predicted molar refractivity (Wildman–Crippen MR) is 91.6 cm³/mol. The highest BCUT2D eigenvalue weighted by atomic mass is 15.3. The van der Waals surface area contributed by atoms with E-state index in [0.717, 1.165) is 48.8 Å². The first-order valence-electron chi connectivity index (χ1n) is 7.95. The van der Waals surface area contributed by atoms with E-state index in [1.807, 2.05) is 37.3 Å². The minimum Gasteiger partial charge on any atom is -0.368 e. The Labute approximate surface area is 137 Å². The number of likely N-dealkylation sites (N-methyl/N-ethyl adjacent to an activating group) is 1. The molecule has 2 heterocycles. The first-order valence-corrected chi connectivity index (χ1v) is 7.95. The van der Waals surface area contributed by atoms with Crippen LogP contribution in [0.3, 0.4) is 0 Å². The number of hydrogen-bond donors (Lipinski definition) is 0. The number of aromatic nitrogens is 2. The quantitative estimate of drug-likeness (QED) is 0.872. The molecule has 0 radical (unpaired) electrons. The zero-order valence-electron chi connectivity index (χ0n) is 13.6. The van der Waals surface area contributed by atoms with Gasteiger partial charge in [0.15, 0.2) is 0 Å². The highest BCUT2D eigenvalue weighted by Gasteiger charge is 2.26. The van der Waals surface area contributed by atoms with Crippen LogP contribution in [0.4, 0.5) is 11.6 Å². The van der Waals surface area contributed by atoms with Crippen LogP contribution in [0.2, 0.25) is 0 Å². The zero-order chi connectivity index (χ0) is 16.2. The fraction of sp³-hybridized carbons (Fsp3) is 0.389. The van der Waals surface area contributed by atoms with E-state index < -0.39 is 0 Å². The number of nitrogens with zero attached hydrogens (tertiary/aromatic N) is 5. The minimum atomic E-state index is 0.345. The Morgan fingerprint density at radius 3 is 2.91 bits per heavy atom. The number of anilines is 2. The molecule has 0 amide bonds. The lowest BCUT2D eigenvalue weighted by molar-refractivity contribution is 0.483. The summed E-state index contributed by atoms with van der Waals surface area (Å²) < 4.78 is 0. The van der Waals surface area contributed by atoms with Crippen molar-refractivity contribution in [2.45, 2.75) is 25.8 Å². The Bertz CT molecular complexity index is 721. The lowest BCUT2D eigenvalue weighted by Gasteiger charge is -2.39. The van der Waals surface area contributed by atoms with Crippen molar-refractivity contribution in [1.29, 1.82) is 5.26 Å². The number of nitriles is 1. The van der Waals surface area contributed by atoms with Gasteiger partial charge in [-0.25, -0.2) is 9.97 Å². The smallest absolute Gasteiger partial charge is 0.225 e. The average Bonchev–Trinajstić information content (AvgIpc) is 2.61. The standard InChI is InChI=1S/C18H21N5/c1-14-9-10-20-18(21-14)22(2)16-7-5-11-23(13-16)17-8-4-3-6-15(17)12-19/h3-4,6,8-10,16H,5,7,11,13H2,1-2H3. The third-order valence-electron chi connectivity index (χ3n) is 4.41. The van der Waals surface area contributed by atoms with E-state index in [0.29, 0.717) is 6.04 Å². The van der Waals surface area contributed by atoms with Crippen LogP contribution in [0.1, 0.15) is 24.1 Å². The van der Waals surface area contributed by atoms with E-state index in [1.54, 1.807) is 6.20 Å². The molecule has 0 spiro atoms. The Balaban J connectivity index is 1.79. The molecule has 0 bridgehead atoms. The number of para-hydroxylation sites is 1. The third kappa shape index (κ3) is 3.26. The van der Waals surface area contributed by atoms with Crippen LogP contribution >= 0.6 is 0 Å². The second-order valence-electron chi connectivity index (χ2n) is 5.98. The third-order valence-corrected chi connectivity index (χ3v) is 4.41. The molecule has 118 valence electrons. The molecule has 3 rings (SSSR count). The van der Waals surface area contributed by atoms with Crippen LogP contribution in [-0.2, 0) is 0 Å². The fourth-order valence-electron chi connectivity index (χ4n) is 3.10. The Kier molecular flexibility index (Phi) is 4.42. The van der Waals surface area contributed by atoms with E-state index in [4.69, 9.17) is 0 Å². The molecule has 1 unspecified atom stereocenters. The molecule has 23 heavy (non-hydrogen) atoms. The molecule has 5 heteroatoms. The van der Waals surface area contributed by atoms with E-state index in [-0.39, 0.29) is 0 Å². The summed E-state index contributed by atoms with van der Waals surface area (Å²) in [4.78, 5) is 13.4. The Morgan fingerprint density at radius 1 is 1.30 bits per heavy atom. The van der Waals surface area contributed by atoms with Crippen LogP contribution in [0.5, 0.6) is 0 Å². The van der Waals surface area contributed by atoms with Crippen molar-refractivity contribution in [1.82, 2.24) is 9.97 Å². The molecule has 0 aliphatic carbocycles. The molecule has 1 saturated heterocycles. The predicted octanol–water partition coefficient (Wildman–Crippen LogP) is 2.76. The summed E-state index contributed by atoms with van der Waals surface area (Å²) in [5.74, 6) is 0.769. The van der Waals surface area contributed by atoms with Crippen molar-refractivity contribution in [3.8, 4) is 6.07 Å². The minimum absolute atomic E-state index is 0.345. The van der Waals surface area contributed by atoms with E-state index in [2.05, 4.69) is 32.9 Å². The van der Waals surface area contributed by atoms with Gasteiger partial charge in [-0.05, 0) is 38.0 Å². The highest BCUT2D eigenvalue weighted by molar-refractivity contribution is 5.59. The maximum absolute atomic E-state index is 9.33. The molecule has 1 fully saturated rings. The summed E-state index contributed by atoms with van der Waals surface area (Å²) in [6.07, 6.45) is 4.01. The van der Waals surface area contributed by atoms with E-state index in [9.17, 15) is 5.26 Å². The van der Waals surface area contributed by atoms with Crippen molar-refractivity contribution in [3.05, 3.63) is 47.8 Å². The molecule has 1 aromatic heterocycles. The average molecular weight is 307 g/mol. The summed E-state index contributed by atoms with van der Waals surface area (Å²) in [5, 5.41) is 9.33. The molecule has 1 aromatic carbocycles. The normalized spacial score (nSPS) is 17.6. The molecule has 1 aliphatic heterocycles. The Morgan fingerprint density at radius 2 is 2.13 bits per heavy atom. The topological polar surface area (TPSA) is 56.1 Å². The maximum atomic E-state index is 9.33. The van der Waals surface area contributed by atoms with Gasteiger partial charge in [-0.1, -0.05) is 12.1 Å². The molecule has 1 atom stereocenters. The number of rotatable bonds is 3. The van der Waals surface area contributed by atoms with Gasteiger partial charge in [0.2, 0.25) is 5.95 Å². The van der Waals surface area contributed by atoms with Crippen LogP contribution < -0.4 is 9.80 Å². The van der Waals surface area contributed by atoms with E-state index in [1.165, 1.54) is 0 Å². The lowest BCUT2D eigenvalue weighted by Crippen LogP contribution is -2.47. The number of hydrogen-bond acceptors (Lipinski definition) is 5. The summed E-state index contributed by atoms with van der Waals surface area (Å²) in [6.45, 7) is 3.85. The lowest BCUT2D eigenvalue weighted by atomic mass is 10.0. The summed E-state index contributed by atoms with van der Waals surface area (Å²) in [7, 11) is 2.05. The van der Waals surface area contributed by atoms with Crippen molar-refractivity contribution >= 4 is 11.6 Å². The van der Waals surface area contributed by atoms with E-state index >= 15 is 0 Å². The summed E-state index contributed by atoms with van der Waals surface area (Å²) in [6, 6.07) is 12.4. The first-order chi connectivity index (χ1) is 11.2. The van der Waals surface area contributed by atoms with Crippen LogP contribution in [0.25, 0.3) is 0 Å². The number of aryl methyl sites for hydroxylation is 1. The van der Waals surface area contributed by atoms with Gasteiger partial charge in [-0.3, -0.25) is 0 Å². The molecule has 1 aliphatic rings. The molecule has 5 nitrogen and oxygen atoms in total. The van der Waals surface area contributed by atoms with Crippen molar-refractivity contribution in [3.63, 3.8) is 0 Å². The fourth-order valence-corrected chi connectivity index (χ4v) is 3.10. The van der Waals surface area contributed by atoms with Crippen molar-refractivity contribution in [2.75, 3.05) is 29.9 Å². The summed E-state index contributed by atoms with van der Waals surface area (Å²) in [5.41, 5.74) is 2.74. The van der Waals surface area contributed by atoms with Gasteiger partial charge >= 0.3 is 0 Å². The van der Waals surface area contributed by atoms with Crippen molar-refractivity contribution < 1.29 is 0 Å². The highest BCUT2D eigenvalue weighted by Crippen LogP contribution is 2.26. The van der Waals surface area contributed by atoms with Gasteiger partial charge in [0, 0.05) is 38.1 Å². The molecular weight excluding hydrogens is 286 g/mol. The van der Waals surface area contributed by atoms with Gasteiger partial charge in [0.25, 0.3) is 0 Å². The monoisotopic (exact) mass is 307 g/mol. The van der Waals surface area contributed by atoms with Crippen LogP contribution in [0.15, 0.2) is 36.5 Å². The van der Waals surface area contributed by atoms with Gasteiger partial charge in [0.05, 0.1) is 11.3 Å². The maximum Gasteiger partial charge on any atom is 0.225 e. The molecule has 0 N–H and O–H groups in total. The largest absolute Gasteiger partial charge is 0.368 e. The van der Waals surface area contributed by atoms with Gasteiger partial charge < -0.3 is 9.80 Å². The Hall–Kier alpha value is -2.61. The summed E-state index contributed by atoms with van der Waals surface area (Å²) >= 11 is 0. The van der Waals surface area contributed by atoms with Crippen LogP contribution in [-0.4, -0.2) is 36.1 Å². The molecular formula is C18H21N5. The molecule has 2 aromatic rings. The van der Waals surface area contributed by atoms with Crippen LogP contribution in [0, 0.1) is 18.3 Å². The second-order valence-corrected chi connectivity index (χ2v) is 5.98. The first kappa shape index (κ1) is 15.3. The second kappa shape index (κ2) is 6.66. The zero-order valence-corrected chi connectivity index (χ0v) is 13.6. The van der Waals surface area contributed by atoms with Gasteiger partial charge in [-0.15, -0.1) is 0 Å². The SMILES string of the molecule is Cc1ccnc(N(C)C2CCCN(c3ccccc3C#N)C2)n1. The molecule has 0 saturated carbocycles. The number of benzene rings is 1. The van der Waals surface area contributed by atoms with Gasteiger partial charge in [-0.2, -0.15) is 5.26 Å². The van der Waals surface area contributed by atoms with Crippen molar-refractivity contribution in [2.24, 2.45) is 0 Å². The number of piperidine rings is 1. The van der Waals surface area contributed by atoms with Gasteiger partial charge in [0.1, 0.15) is 6.07 Å².